The van der Waals surface area contributed by atoms with E-state index < -0.39 is 0 Å². The van der Waals surface area contributed by atoms with Gasteiger partial charge >= 0.3 is 0 Å². The van der Waals surface area contributed by atoms with Crippen LogP contribution in [0.15, 0.2) is 0 Å². The molecule has 1 saturated heterocycles. The van der Waals surface area contributed by atoms with Crippen molar-refractivity contribution in [1.82, 2.24) is 10.2 Å². The highest BCUT2D eigenvalue weighted by Gasteiger charge is 2.28. The van der Waals surface area contributed by atoms with E-state index in [0.29, 0.717) is 0 Å². The number of likely N-dealkylation sites (N-methyl/N-ethyl adjacent to an activating group) is 1. The van der Waals surface area contributed by atoms with Crippen molar-refractivity contribution in [2.75, 3.05) is 26.2 Å². The molecule has 1 rings (SSSR count). The first-order valence-corrected chi connectivity index (χ1v) is 5.79. The first-order chi connectivity index (χ1) is 7.04. The molecular formula is C11H23N3O. The van der Waals surface area contributed by atoms with Crippen LogP contribution >= 0.6 is 0 Å². The first kappa shape index (κ1) is 12.5. The van der Waals surface area contributed by atoms with Crippen LogP contribution in [0.5, 0.6) is 0 Å². The van der Waals surface area contributed by atoms with Gasteiger partial charge in [-0.15, -0.1) is 0 Å². The summed E-state index contributed by atoms with van der Waals surface area (Å²) in [5.41, 5.74) is 5.34. The molecular weight excluding hydrogens is 190 g/mol. The molecule has 88 valence electrons. The predicted octanol–water partition coefficient (Wildman–Crippen LogP) is 0.0376. The fourth-order valence-electron chi connectivity index (χ4n) is 2.16. The van der Waals surface area contributed by atoms with E-state index in [2.05, 4.69) is 24.1 Å². The Labute approximate surface area is 92.2 Å². The summed E-state index contributed by atoms with van der Waals surface area (Å²) in [6, 6.07) is -0.201. The van der Waals surface area contributed by atoms with E-state index in [0.717, 1.165) is 38.0 Å². The topological polar surface area (TPSA) is 58.4 Å². The molecule has 0 aromatic heterocycles. The van der Waals surface area contributed by atoms with Crippen LogP contribution in [0.1, 0.15) is 20.8 Å². The number of nitrogens with zero attached hydrogens (tertiary/aromatic N) is 1. The summed E-state index contributed by atoms with van der Waals surface area (Å²) in [7, 11) is 0. The standard InChI is InChI=1S/C11H23N3O/c1-4-13-10(11(12)15)7-14-5-8(2)9(3)6-14/h8-10,13H,4-7H2,1-3H3,(H2,12,15). The fourth-order valence-corrected chi connectivity index (χ4v) is 2.16. The van der Waals surface area contributed by atoms with Gasteiger partial charge in [-0.3, -0.25) is 4.79 Å². The zero-order chi connectivity index (χ0) is 11.4. The summed E-state index contributed by atoms with van der Waals surface area (Å²) in [5.74, 6) is 1.20. The lowest BCUT2D eigenvalue weighted by atomic mass is 10.0. The molecule has 0 spiro atoms. The largest absolute Gasteiger partial charge is 0.368 e. The average Bonchev–Trinajstić information content (AvgIpc) is 2.45. The lowest BCUT2D eigenvalue weighted by Crippen LogP contribution is -2.48. The van der Waals surface area contributed by atoms with E-state index in [-0.39, 0.29) is 11.9 Å². The summed E-state index contributed by atoms with van der Waals surface area (Å²) in [4.78, 5) is 13.5. The molecule has 4 nitrogen and oxygen atoms in total. The van der Waals surface area contributed by atoms with Crippen molar-refractivity contribution in [3.8, 4) is 0 Å². The van der Waals surface area contributed by atoms with Gasteiger partial charge in [-0.05, 0) is 18.4 Å². The summed E-state index contributed by atoms with van der Waals surface area (Å²) >= 11 is 0. The molecule has 0 aliphatic carbocycles. The Hall–Kier alpha value is -0.610. The van der Waals surface area contributed by atoms with Gasteiger partial charge in [0, 0.05) is 19.6 Å². The number of likely N-dealkylation sites (tertiary alicyclic amines) is 1. The highest BCUT2D eigenvalue weighted by molar-refractivity contribution is 5.80. The average molecular weight is 213 g/mol. The predicted molar refractivity (Wildman–Crippen MR) is 61.4 cm³/mol. The monoisotopic (exact) mass is 213 g/mol. The Morgan fingerprint density at radius 3 is 2.40 bits per heavy atom. The molecule has 15 heavy (non-hydrogen) atoms. The minimum absolute atomic E-state index is 0.201. The maximum Gasteiger partial charge on any atom is 0.235 e. The van der Waals surface area contributed by atoms with E-state index in [9.17, 15) is 4.79 Å². The molecule has 4 heteroatoms. The van der Waals surface area contributed by atoms with Crippen molar-refractivity contribution < 1.29 is 4.79 Å². The maximum atomic E-state index is 11.2. The maximum absolute atomic E-state index is 11.2. The van der Waals surface area contributed by atoms with Crippen molar-refractivity contribution in [3.05, 3.63) is 0 Å². The second-order valence-electron chi connectivity index (χ2n) is 4.69. The Morgan fingerprint density at radius 1 is 1.47 bits per heavy atom. The number of hydrogen-bond acceptors (Lipinski definition) is 3. The second kappa shape index (κ2) is 5.47. The SMILES string of the molecule is CCNC(CN1CC(C)C(C)C1)C(N)=O. The number of carbonyl (C=O) groups is 1. The van der Waals surface area contributed by atoms with Crippen LogP contribution in [0.4, 0.5) is 0 Å². The van der Waals surface area contributed by atoms with Crippen molar-refractivity contribution in [2.45, 2.75) is 26.8 Å². The highest BCUT2D eigenvalue weighted by Crippen LogP contribution is 2.21. The Balaban J connectivity index is 2.42. The minimum atomic E-state index is -0.246. The minimum Gasteiger partial charge on any atom is -0.368 e. The number of rotatable bonds is 5. The van der Waals surface area contributed by atoms with Gasteiger partial charge in [0.25, 0.3) is 0 Å². The van der Waals surface area contributed by atoms with Crippen LogP contribution in [0.3, 0.4) is 0 Å². The van der Waals surface area contributed by atoms with Crippen LogP contribution in [-0.4, -0.2) is 43.0 Å². The molecule has 0 aromatic carbocycles. The lowest BCUT2D eigenvalue weighted by Gasteiger charge is -2.21. The second-order valence-corrected chi connectivity index (χ2v) is 4.69. The lowest BCUT2D eigenvalue weighted by molar-refractivity contribution is -0.120. The van der Waals surface area contributed by atoms with Crippen LogP contribution in [0.2, 0.25) is 0 Å². The Bertz CT molecular complexity index is 210. The number of nitrogens with one attached hydrogen (secondary N) is 1. The molecule has 0 bridgehead atoms. The smallest absolute Gasteiger partial charge is 0.235 e. The third-order valence-corrected chi connectivity index (χ3v) is 3.30. The molecule has 3 unspecified atom stereocenters. The number of hydrogen-bond donors (Lipinski definition) is 2. The number of amides is 1. The van der Waals surface area contributed by atoms with Gasteiger partial charge in [0.15, 0.2) is 0 Å². The summed E-state index contributed by atoms with van der Waals surface area (Å²) in [5, 5.41) is 3.12. The molecule has 1 fully saturated rings. The molecule has 3 atom stereocenters. The number of primary amides is 1. The third-order valence-electron chi connectivity index (χ3n) is 3.30. The summed E-state index contributed by atoms with van der Waals surface area (Å²) < 4.78 is 0. The van der Waals surface area contributed by atoms with Crippen molar-refractivity contribution in [2.24, 2.45) is 17.6 Å². The van der Waals surface area contributed by atoms with Crippen molar-refractivity contribution in [1.29, 1.82) is 0 Å². The Morgan fingerprint density at radius 2 is 2.00 bits per heavy atom. The molecule has 1 aliphatic rings. The molecule has 0 saturated carbocycles. The quantitative estimate of drug-likeness (QED) is 0.678. The zero-order valence-electron chi connectivity index (χ0n) is 9.99. The molecule has 1 amide bonds. The van der Waals surface area contributed by atoms with E-state index in [1.165, 1.54) is 0 Å². The van der Waals surface area contributed by atoms with Gasteiger partial charge in [-0.25, -0.2) is 0 Å². The third kappa shape index (κ3) is 3.47. The van der Waals surface area contributed by atoms with E-state index in [1.54, 1.807) is 0 Å². The fraction of sp³-hybridized carbons (Fsp3) is 0.909. The van der Waals surface area contributed by atoms with E-state index in [4.69, 9.17) is 5.73 Å². The zero-order valence-corrected chi connectivity index (χ0v) is 9.99. The van der Waals surface area contributed by atoms with Crippen LogP contribution in [0, 0.1) is 11.8 Å². The van der Waals surface area contributed by atoms with Gasteiger partial charge < -0.3 is 16.0 Å². The van der Waals surface area contributed by atoms with Gasteiger partial charge in [0.05, 0.1) is 6.04 Å². The van der Waals surface area contributed by atoms with Crippen LogP contribution < -0.4 is 11.1 Å². The van der Waals surface area contributed by atoms with Crippen molar-refractivity contribution in [3.63, 3.8) is 0 Å². The van der Waals surface area contributed by atoms with E-state index in [1.807, 2.05) is 6.92 Å². The van der Waals surface area contributed by atoms with Gasteiger partial charge in [0.2, 0.25) is 5.91 Å². The Kier molecular flexibility index (Phi) is 4.54. The molecule has 3 N–H and O–H groups in total. The van der Waals surface area contributed by atoms with Crippen LogP contribution in [0.25, 0.3) is 0 Å². The van der Waals surface area contributed by atoms with E-state index >= 15 is 0 Å². The van der Waals surface area contributed by atoms with Gasteiger partial charge in [-0.1, -0.05) is 20.8 Å². The molecule has 0 aromatic rings. The molecule has 0 radical (unpaired) electrons. The highest BCUT2D eigenvalue weighted by atomic mass is 16.1. The molecule has 1 heterocycles. The normalized spacial score (nSPS) is 29.3. The first-order valence-electron chi connectivity index (χ1n) is 5.79. The van der Waals surface area contributed by atoms with Gasteiger partial charge in [0.1, 0.15) is 0 Å². The van der Waals surface area contributed by atoms with Gasteiger partial charge in [-0.2, -0.15) is 0 Å². The van der Waals surface area contributed by atoms with Crippen LogP contribution in [-0.2, 0) is 4.79 Å². The summed E-state index contributed by atoms with van der Waals surface area (Å²) in [6.45, 7) is 10.2. The number of nitrogens with two attached hydrogens (primary N) is 1. The summed E-state index contributed by atoms with van der Waals surface area (Å²) in [6.07, 6.45) is 0. The molecule has 1 aliphatic heterocycles. The van der Waals surface area contributed by atoms with Crippen molar-refractivity contribution >= 4 is 5.91 Å². The number of carbonyl (C=O) groups excluding carboxylic acids is 1.